The molecule has 0 aliphatic rings. The van der Waals surface area contributed by atoms with Gasteiger partial charge < -0.3 is 11.1 Å². The first-order valence-corrected chi connectivity index (χ1v) is 6.55. The number of carbonyl (C=O) groups excluding carboxylic acids is 1. The van der Waals surface area contributed by atoms with E-state index in [0.29, 0.717) is 5.69 Å². The summed E-state index contributed by atoms with van der Waals surface area (Å²) < 4.78 is 26.6. The first-order chi connectivity index (χ1) is 9.99. The molecule has 1 unspecified atom stereocenters. The highest BCUT2D eigenvalue weighted by molar-refractivity contribution is 5.79. The van der Waals surface area contributed by atoms with Gasteiger partial charge in [-0.15, -0.1) is 0 Å². The van der Waals surface area contributed by atoms with Crippen LogP contribution in [0.3, 0.4) is 0 Å². The van der Waals surface area contributed by atoms with Gasteiger partial charge in [-0.1, -0.05) is 30.3 Å². The molecular formula is C16H16F2N2O. The minimum atomic E-state index is -0.987. The van der Waals surface area contributed by atoms with Gasteiger partial charge in [0.25, 0.3) is 0 Å². The molecule has 0 heterocycles. The highest BCUT2D eigenvalue weighted by Gasteiger charge is 2.15. The summed E-state index contributed by atoms with van der Waals surface area (Å²) in [4.78, 5) is 11.9. The van der Waals surface area contributed by atoms with Gasteiger partial charge in [-0.05, 0) is 24.6 Å². The summed E-state index contributed by atoms with van der Waals surface area (Å²) in [5, 5.41) is 2.72. The highest BCUT2D eigenvalue weighted by Crippen LogP contribution is 2.19. The van der Waals surface area contributed by atoms with Crippen LogP contribution in [0.2, 0.25) is 0 Å². The van der Waals surface area contributed by atoms with E-state index < -0.39 is 17.5 Å². The first-order valence-electron chi connectivity index (χ1n) is 6.55. The highest BCUT2D eigenvalue weighted by atomic mass is 19.2. The second kappa shape index (κ2) is 6.35. The van der Waals surface area contributed by atoms with Crippen molar-refractivity contribution in [3.63, 3.8) is 0 Å². The second-order valence-corrected chi connectivity index (χ2v) is 4.81. The normalized spacial score (nSPS) is 12.0. The molecule has 0 spiro atoms. The van der Waals surface area contributed by atoms with Gasteiger partial charge in [0.15, 0.2) is 11.6 Å². The van der Waals surface area contributed by atoms with Gasteiger partial charge in [0.1, 0.15) is 0 Å². The average molecular weight is 290 g/mol. The Morgan fingerprint density at radius 3 is 2.62 bits per heavy atom. The van der Waals surface area contributed by atoms with Gasteiger partial charge in [0.05, 0.1) is 12.5 Å². The smallest absolute Gasteiger partial charge is 0.225 e. The first kappa shape index (κ1) is 15.0. The number of nitrogens with two attached hydrogens (primary N) is 1. The van der Waals surface area contributed by atoms with Crippen molar-refractivity contribution in [3.05, 3.63) is 65.2 Å². The fourth-order valence-electron chi connectivity index (χ4n) is 2.13. The van der Waals surface area contributed by atoms with Crippen molar-refractivity contribution >= 4 is 11.6 Å². The van der Waals surface area contributed by atoms with Crippen molar-refractivity contribution in [3.8, 4) is 0 Å². The van der Waals surface area contributed by atoms with Crippen molar-refractivity contribution < 1.29 is 13.6 Å². The number of benzene rings is 2. The van der Waals surface area contributed by atoms with Crippen molar-refractivity contribution in [2.75, 3.05) is 5.73 Å². The number of hydrogen-bond acceptors (Lipinski definition) is 2. The van der Waals surface area contributed by atoms with Crippen LogP contribution in [0, 0.1) is 11.6 Å². The molecule has 0 fully saturated rings. The van der Waals surface area contributed by atoms with E-state index in [4.69, 9.17) is 5.73 Å². The SMILES string of the molecule is CC(NC(=O)Cc1cccc(F)c1F)c1ccccc1N. The standard InChI is InChI=1S/C16H16F2N2O/c1-10(12-6-2-3-8-14(12)19)20-15(21)9-11-5-4-7-13(17)16(11)18/h2-8,10H,9,19H2,1H3,(H,20,21). The van der Waals surface area contributed by atoms with Crippen LogP contribution in [0.25, 0.3) is 0 Å². The largest absolute Gasteiger partial charge is 0.398 e. The predicted octanol–water partition coefficient (Wildman–Crippen LogP) is 2.97. The minimum Gasteiger partial charge on any atom is -0.398 e. The maximum Gasteiger partial charge on any atom is 0.225 e. The molecule has 2 rings (SSSR count). The zero-order chi connectivity index (χ0) is 15.4. The van der Waals surface area contributed by atoms with Crippen LogP contribution >= 0.6 is 0 Å². The lowest BCUT2D eigenvalue weighted by Gasteiger charge is -2.16. The molecule has 0 bridgehead atoms. The topological polar surface area (TPSA) is 55.1 Å². The summed E-state index contributed by atoms with van der Waals surface area (Å²) >= 11 is 0. The number of para-hydroxylation sites is 1. The van der Waals surface area contributed by atoms with Crippen molar-refractivity contribution in [1.82, 2.24) is 5.32 Å². The predicted molar refractivity (Wildman–Crippen MR) is 77.5 cm³/mol. The Morgan fingerprint density at radius 2 is 1.90 bits per heavy atom. The Bertz CT molecular complexity index is 658. The van der Waals surface area contributed by atoms with E-state index in [1.54, 1.807) is 19.1 Å². The molecule has 0 aliphatic carbocycles. The second-order valence-electron chi connectivity index (χ2n) is 4.81. The zero-order valence-corrected chi connectivity index (χ0v) is 11.6. The van der Waals surface area contributed by atoms with Crippen LogP contribution in [0.4, 0.5) is 14.5 Å². The fraction of sp³-hybridized carbons (Fsp3) is 0.188. The Morgan fingerprint density at radius 1 is 1.19 bits per heavy atom. The van der Waals surface area contributed by atoms with Crippen LogP contribution in [-0.4, -0.2) is 5.91 Å². The van der Waals surface area contributed by atoms with Gasteiger partial charge in [0, 0.05) is 11.3 Å². The van der Waals surface area contributed by atoms with Gasteiger partial charge in [-0.25, -0.2) is 8.78 Å². The van der Waals surface area contributed by atoms with E-state index in [9.17, 15) is 13.6 Å². The van der Waals surface area contributed by atoms with Crippen molar-refractivity contribution in [2.45, 2.75) is 19.4 Å². The molecule has 3 nitrogen and oxygen atoms in total. The van der Waals surface area contributed by atoms with E-state index in [-0.39, 0.29) is 18.0 Å². The molecule has 0 saturated heterocycles. The minimum absolute atomic E-state index is 0.0285. The molecule has 5 heteroatoms. The quantitative estimate of drug-likeness (QED) is 0.851. The molecule has 0 radical (unpaired) electrons. The maximum absolute atomic E-state index is 13.5. The molecule has 21 heavy (non-hydrogen) atoms. The van der Waals surface area contributed by atoms with Gasteiger partial charge in [0.2, 0.25) is 5.91 Å². The van der Waals surface area contributed by atoms with E-state index in [0.717, 1.165) is 11.6 Å². The molecule has 110 valence electrons. The Hall–Kier alpha value is -2.43. The van der Waals surface area contributed by atoms with Crippen molar-refractivity contribution in [2.24, 2.45) is 0 Å². The van der Waals surface area contributed by atoms with E-state index >= 15 is 0 Å². The Kier molecular flexibility index (Phi) is 4.52. The number of nitrogens with one attached hydrogen (secondary N) is 1. The summed E-state index contributed by atoms with van der Waals surface area (Å²) in [5.74, 6) is -2.34. The zero-order valence-electron chi connectivity index (χ0n) is 11.6. The summed E-state index contributed by atoms with van der Waals surface area (Å²) in [6.45, 7) is 1.78. The van der Waals surface area contributed by atoms with E-state index in [1.165, 1.54) is 12.1 Å². The number of rotatable bonds is 4. The van der Waals surface area contributed by atoms with Gasteiger partial charge >= 0.3 is 0 Å². The Balaban J connectivity index is 2.05. The third-order valence-electron chi connectivity index (χ3n) is 3.22. The molecular weight excluding hydrogens is 274 g/mol. The molecule has 2 aromatic carbocycles. The number of amides is 1. The average Bonchev–Trinajstić information content (AvgIpc) is 2.44. The number of nitrogen functional groups attached to an aromatic ring is 1. The van der Waals surface area contributed by atoms with Crippen LogP contribution in [0.5, 0.6) is 0 Å². The summed E-state index contributed by atoms with van der Waals surface area (Å²) in [7, 11) is 0. The fourth-order valence-corrected chi connectivity index (χ4v) is 2.13. The monoisotopic (exact) mass is 290 g/mol. The molecule has 0 saturated carbocycles. The summed E-state index contributed by atoms with van der Waals surface area (Å²) in [5.41, 5.74) is 7.22. The molecule has 1 atom stereocenters. The third-order valence-corrected chi connectivity index (χ3v) is 3.22. The van der Waals surface area contributed by atoms with Crippen LogP contribution < -0.4 is 11.1 Å². The molecule has 2 aromatic rings. The molecule has 0 aliphatic heterocycles. The number of carbonyl (C=O) groups is 1. The number of hydrogen-bond donors (Lipinski definition) is 2. The van der Waals surface area contributed by atoms with Gasteiger partial charge in [-0.3, -0.25) is 4.79 Å². The third kappa shape index (κ3) is 3.56. The van der Waals surface area contributed by atoms with Crippen LogP contribution in [-0.2, 0) is 11.2 Å². The lowest BCUT2D eigenvalue weighted by Crippen LogP contribution is -2.28. The van der Waals surface area contributed by atoms with Crippen LogP contribution in [0.15, 0.2) is 42.5 Å². The van der Waals surface area contributed by atoms with Crippen LogP contribution in [0.1, 0.15) is 24.1 Å². The Labute approximate surface area is 121 Å². The lowest BCUT2D eigenvalue weighted by atomic mass is 10.1. The lowest BCUT2D eigenvalue weighted by molar-refractivity contribution is -0.121. The van der Waals surface area contributed by atoms with E-state index in [2.05, 4.69) is 5.32 Å². The van der Waals surface area contributed by atoms with Gasteiger partial charge in [-0.2, -0.15) is 0 Å². The summed E-state index contributed by atoms with van der Waals surface area (Å²) in [6.07, 6.45) is -0.222. The summed E-state index contributed by atoms with van der Waals surface area (Å²) in [6, 6.07) is 10.6. The molecule has 3 N–H and O–H groups in total. The maximum atomic E-state index is 13.5. The number of anilines is 1. The molecule has 0 aromatic heterocycles. The van der Waals surface area contributed by atoms with E-state index in [1.807, 2.05) is 12.1 Å². The molecule has 1 amide bonds. The number of halogens is 2. The van der Waals surface area contributed by atoms with Crippen molar-refractivity contribution in [1.29, 1.82) is 0 Å².